The highest BCUT2D eigenvalue weighted by atomic mass is 35.5. The number of nitrogens with one attached hydrogen (secondary N) is 1. The van der Waals surface area contributed by atoms with E-state index >= 15 is 0 Å². The van der Waals surface area contributed by atoms with Crippen molar-refractivity contribution >= 4 is 34.6 Å². The normalized spacial score (nSPS) is 9.94. The number of hydrogen-bond acceptors (Lipinski definition) is 3. The van der Waals surface area contributed by atoms with Crippen LogP contribution in [0.5, 0.6) is 0 Å². The molecule has 0 fully saturated rings. The van der Waals surface area contributed by atoms with Gasteiger partial charge in [0.05, 0.1) is 16.5 Å². The van der Waals surface area contributed by atoms with Gasteiger partial charge in [0.15, 0.2) is 0 Å². The van der Waals surface area contributed by atoms with E-state index in [1.165, 1.54) is 0 Å². The Balaban J connectivity index is 3.09. The van der Waals surface area contributed by atoms with Crippen LogP contribution in [0.2, 0.25) is 5.02 Å². The molecule has 0 unspecified atom stereocenters. The Hall–Kier alpha value is -1.33. The summed E-state index contributed by atoms with van der Waals surface area (Å²) in [6.07, 6.45) is 0. The molecule has 0 aromatic heterocycles. The van der Waals surface area contributed by atoms with Crippen molar-refractivity contribution in [2.75, 3.05) is 11.9 Å². The molecule has 0 amide bonds. The lowest BCUT2D eigenvalue weighted by molar-refractivity contribution is -0.384. The summed E-state index contributed by atoms with van der Waals surface area (Å²) in [4.78, 5) is 10.00. The summed E-state index contributed by atoms with van der Waals surface area (Å²) in [5.74, 6) is -0.741. The lowest BCUT2D eigenvalue weighted by Gasteiger charge is -2.06. The van der Waals surface area contributed by atoms with Crippen molar-refractivity contribution in [2.45, 2.75) is 0 Å². The summed E-state index contributed by atoms with van der Waals surface area (Å²) in [7, 11) is 0. The molecule has 0 spiro atoms. The molecule has 1 aromatic rings. The molecule has 0 aliphatic carbocycles. The number of nitro groups is 1. The van der Waals surface area contributed by atoms with Gasteiger partial charge in [-0.1, -0.05) is 29.8 Å². The summed E-state index contributed by atoms with van der Waals surface area (Å²) >= 11 is 10.9. The first-order valence-corrected chi connectivity index (χ1v) is 4.88. The predicted octanol–water partition coefficient (Wildman–Crippen LogP) is 3.55. The highest BCUT2D eigenvalue weighted by molar-refractivity contribution is 6.31. The fourth-order valence-electron chi connectivity index (χ4n) is 1.02. The van der Waals surface area contributed by atoms with Crippen molar-refractivity contribution < 1.29 is 9.31 Å². The molecule has 0 radical (unpaired) electrons. The van der Waals surface area contributed by atoms with Gasteiger partial charge in [-0.2, -0.15) is 0 Å². The fraction of sp³-hybridized carbons (Fsp3) is 0.111. The van der Waals surface area contributed by atoms with Crippen LogP contribution in [0.15, 0.2) is 23.7 Å². The van der Waals surface area contributed by atoms with Gasteiger partial charge < -0.3 is 5.32 Å². The third kappa shape index (κ3) is 3.08. The van der Waals surface area contributed by atoms with Gasteiger partial charge in [0.2, 0.25) is 0 Å². The van der Waals surface area contributed by atoms with Gasteiger partial charge in [-0.25, -0.2) is 4.39 Å². The summed E-state index contributed by atoms with van der Waals surface area (Å²) in [6.45, 7) is 3.50. The maximum Gasteiger partial charge on any atom is 0.294 e. The van der Waals surface area contributed by atoms with Gasteiger partial charge in [-0.15, -0.1) is 0 Å². The Bertz CT molecular complexity index is 451. The third-order valence-corrected chi connectivity index (χ3v) is 2.13. The molecule has 1 rings (SSSR count). The Morgan fingerprint density at radius 2 is 2.25 bits per heavy atom. The first-order chi connectivity index (χ1) is 7.41. The van der Waals surface area contributed by atoms with Gasteiger partial charge in [0.1, 0.15) is 11.5 Å². The number of nitro benzene ring substituents is 1. The van der Waals surface area contributed by atoms with Gasteiger partial charge >= 0.3 is 0 Å². The molecule has 86 valence electrons. The van der Waals surface area contributed by atoms with Crippen LogP contribution in [0, 0.1) is 15.9 Å². The SMILES string of the molecule is C=C(Cl)CNc1cc(F)c(Cl)cc1[N+](=O)[O-]. The molecule has 1 aromatic carbocycles. The smallest absolute Gasteiger partial charge is 0.294 e. The zero-order valence-electron chi connectivity index (χ0n) is 7.97. The quantitative estimate of drug-likeness (QED) is 0.669. The highest BCUT2D eigenvalue weighted by Crippen LogP contribution is 2.30. The molecule has 7 heteroatoms. The van der Waals surface area contributed by atoms with E-state index in [1.54, 1.807) is 0 Å². The number of rotatable bonds is 4. The van der Waals surface area contributed by atoms with E-state index in [9.17, 15) is 14.5 Å². The summed E-state index contributed by atoms with van der Waals surface area (Å²) in [5, 5.41) is 13.2. The summed E-state index contributed by atoms with van der Waals surface area (Å²) in [6, 6.07) is 1.89. The standard InChI is InChI=1S/C9H7Cl2FN2O2/c1-5(10)4-13-8-3-7(12)6(11)2-9(8)14(15)16/h2-3,13H,1,4H2. The average Bonchev–Trinajstić information content (AvgIpc) is 2.18. The van der Waals surface area contributed by atoms with E-state index in [4.69, 9.17) is 23.2 Å². The van der Waals surface area contributed by atoms with Crippen LogP contribution in [0.4, 0.5) is 15.8 Å². The molecule has 0 heterocycles. The van der Waals surface area contributed by atoms with E-state index in [-0.39, 0.29) is 28.0 Å². The average molecular weight is 265 g/mol. The van der Waals surface area contributed by atoms with Crippen LogP contribution >= 0.6 is 23.2 Å². The summed E-state index contributed by atoms with van der Waals surface area (Å²) < 4.78 is 13.1. The zero-order chi connectivity index (χ0) is 12.3. The highest BCUT2D eigenvalue weighted by Gasteiger charge is 2.17. The Morgan fingerprint density at radius 3 is 2.75 bits per heavy atom. The second kappa shape index (κ2) is 5.14. The number of benzene rings is 1. The number of anilines is 1. The maximum atomic E-state index is 13.1. The van der Waals surface area contributed by atoms with Gasteiger partial charge in [-0.05, 0) is 0 Å². The molecule has 0 aliphatic rings. The van der Waals surface area contributed by atoms with Gasteiger partial charge in [-0.3, -0.25) is 10.1 Å². The molecule has 4 nitrogen and oxygen atoms in total. The van der Waals surface area contributed by atoms with Crippen molar-refractivity contribution in [2.24, 2.45) is 0 Å². The van der Waals surface area contributed by atoms with Crippen LogP contribution in [-0.4, -0.2) is 11.5 Å². The lowest BCUT2D eigenvalue weighted by Crippen LogP contribution is -2.04. The van der Waals surface area contributed by atoms with E-state index in [1.807, 2.05) is 0 Å². The molecule has 0 saturated heterocycles. The molecule has 16 heavy (non-hydrogen) atoms. The maximum absolute atomic E-state index is 13.1. The minimum absolute atomic E-state index is 0.00806. The molecular formula is C9H7Cl2FN2O2. The van der Waals surface area contributed by atoms with Crippen LogP contribution in [0.25, 0.3) is 0 Å². The topological polar surface area (TPSA) is 55.2 Å². The second-order valence-corrected chi connectivity index (χ2v) is 3.85. The molecule has 0 atom stereocenters. The van der Waals surface area contributed by atoms with E-state index in [0.717, 1.165) is 12.1 Å². The fourth-order valence-corrected chi connectivity index (χ4v) is 1.24. The Morgan fingerprint density at radius 1 is 1.62 bits per heavy atom. The van der Waals surface area contributed by atoms with Crippen LogP contribution in [0.1, 0.15) is 0 Å². The molecule has 0 bridgehead atoms. The van der Waals surface area contributed by atoms with Crippen LogP contribution in [0.3, 0.4) is 0 Å². The minimum atomic E-state index is -0.741. The van der Waals surface area contributed by atoms with Gasteiger partial charge in [0.25, 0.3) is 5.69 Å². The van der Waals surface area contributed by atoms with Crippen molar-refractivity contribution in [1.82, 2.24) is 0 Å². The number of halogens is 3. The lowest BCUT2D eigenvalue weighted by atomic mass is 10.2. The largest absolute Gasteiger partial charge is 0.374 e. The zero-order valence-corrected chi connectivity index (χ0v) is 9.48. The van der Waals surface area contributed by atoms with Crippen molar-refractivity contribution in [1.29, 1.82) is 0 Å². The van der Waals surface area contributed by atoms with Gasteiger partial charge in [0, 0.05) is 17.2 Å². The first kappa shape index (κ1) is 12.7. The molecule has 1 N–H and O–H groups in total. The minimum Gasteiger partial charge on any atom is -0.374 e. The van der Waals surface area contributed by atoms with E-state index in [0.29, 0.717) is 0 Å². The molecular weight excluding hydrogens is 258 g/mol. The molecule has 0 aliphatic heterocycles. The van der Waals surface area contributed by atoms with E-state index < -0.39 is 10.7 Å². The summed E-state index contributed by atoms with van der Waals surface area (Å²) in [5.41, 5.74) is -0.307. The van der Waals surface area contributed by atoms with Crippen molar-refractivity contribution in [3.8, 4) is 0 Å². The number of hydrogen-bond donors (Lipinski definition) is 1. The third-order valence-electron chi connectivity index (χ3n) is 1.71. The van der Waals surface area contributed by atoms with E-state index in [2.05, 4.69) is 11.9 Å². The van der Waals surface area contributed by atoms with Crippen molar-refractivity contribution in [3.05, 3.63) is 44.7 Å². The monoisotopic (exact) mass is 264 g/mol. The molecule has 0 saturated carbocycles. The van der Waals surface area contributed by atoms with Crippen LogP contribution in [-0.2, 0) is 0 Å². The number of nitrogens with zero attached hydrogens (tertiary/aromatic N) is 1. The first-order valence-electron chi connectivity index (χ1n) is 4.12. The van der Waals surface area contributed by atoms with Crippen LogP contribution < -0.4 is 5.32 Å². The Labute approximate surface area is 101 Å². The second-order valence-electron chi connectivity index (χ2n) is 2.91. The Kier molecular flexibility index (Phi) is 4.09. The van der Waals surface area contributed by atoms with Crippen molar-refractivity contribution in [3.63, 3.8) is 0 Å². The predicted molar refractivity (Wildman–Crippen MR) is 61.5 cm³/mol.